The summed E-state index contributed by atoms with van der Waals surface area (Å²) in [7, 11) is 0. The fourth-order valence-corrected chi connectivity index (χ4v) is 11.0. The fourth-order valence-electron chi connectivity index (χ4n) is 11.0. The number of hydrogen-bond donors (Lipinski definition) is 6. The number of hydrogen-bond acceptors (Lipinski definition) is 8. The molecule has 0 aliphatic carbocycles. The smallest absolute Gasteiger partial charge is 0.220 e. The maximum absolute atomic E-state index is 13.1. The zero-order valence-corrected chi connectivity index (χ0v) is 53.5. The Morgan fingerprint density at radius 3 is 1.11 bits per heavy atom. The third-order valence-corrected chi connectivity index (χ3v) is 16.5. The molecule has 0 aromatic rings. The molecule has 0 saturated carbocycles. The maximum atomic E-state index is 13.1. The summed E-state index contributed by atoms with van der Waals surface area (Å²) in [4.78, 5) is 13.1. The number of aliphatic hydroxyl groups excluding tert-OH is 5. The molecule has 1 amide bonds. The van der Waals surface area contributed by atoms with E-state index in [-0.39, 0.29) is 12.5 Å². The van der Waals surface area contributed by atoms with Crippen LogP contribution in [0.5, 0.6) is 0 Å². The molecule has 82 heavy (non-hydrogen) atoms. The summed E-state index contributed by atoms with van der Waals surface area (Å²) in [6.45, 7) is 3.78. The Kier molecular flexibility index (Phi) is 58.4. The van der Waals surface area contributed by atoms with E-state index in [1.54, 1.807) is 6.08 Å². The zero-order chi connectivity index (χ0) is 59.3. The Balaban J connectivity index is 2.15. The number of nitrogens with one attached hydrogen (secondary N) is 1. The molecule has 6 N–H and O–H groups in total. The largest absolute Gasteiger partial charge is 0.394 e. The average Bonchev–Trinajstić information content (AvgIpc) is 3.57. The highest BCUT2D eigenvalue weighted by molar-refractivity contribution is 5.76. The molecule has 0 spiro atoms. The number of aliphatic hydroxyl groups is 5. The van der Waals surface area contributed by atoms with Gasteiger partial charge in [0.05, 0.1) is 25.4 Å². The van der Waals surface area contributed by atoms with Crippen molar-refractivity contribution in [1.82, 2.24) is 5.32 Å². The monoisotopic (exact) mass is 1150 g/mol. The first-order chi connectivity index (χ1) is 40.3. The molecule has 1 rings (SSSR count). The number of ether oxygens (including phenoxy) is 2. The van der Waals surface area contributed by atoms with Crippen molar-refractivity contribution in [2.24, 2.45) is 0 Å². The molecule has 7 unspecified atom stereocenters. The Morgan fingerprint density at radius 2 is 0.732 bits per heavy atom. The van der Waals surface area contributed by atoms with Crippen molar-refractivity contribution in [3.63, 3.8) is 0 Å². The van der Waals surface area contributed by atoms with Crippen molar-refractivity contribution in [2.45, 2.75) is 371 Å². The SMILES string of the molecule is CCCCCCC/C=C\C/C=C\C/C=C\CCCCCCCCCCCCCCCCCCCCC(=O)NC(COC1OC(CO)C(O)C(O)C1O)C(O)/C=C/CC/C=C/CC/C=C/CCCCCCCCCCCCCCCCCC. The summed E-state index contributed by atoms with van der Waals surface area (Å²) in [5.74, 6) is -0.188. The lowest BCUT2D eigenvalue weighted by molar-refractivity contribution is -0.302. The molecular weight excluding hydrogens is 1020 g/mol. The number of amides is 1. The average molecular weight is 1150 g/mol. The Morgan fingerprint density at radius 1 is 0.415 bits per heavy atom. The summed E-state index contributed by atoms with van der Waals surface area (Å²) < 4.78 is 11.3. The third kappa shape index (κ3) is 49.8. The van der Waals surface area contributed by atoms with Crippen LogP contribution in [0.15, 0.2) is 72.9 Å². The van der Waals surface area contributed by atoms with Gasteiger partial charge >= 0.3 is 0 Å². The molecule has 9 heteroatoms. The Labute approximate surface area is 506 Å². The van der Waals surface area contributed by atoms with Gasteiger partial charge in [-0.15, -0.1) is 0 Å². The number of rotatable bonds is 61. The second-order valence-corrected chi connectivity index (χ2v) is 24.3. The van der Waals surface area contributed by atoms with Gasteiger partial charge in [0, 0.05) is 6.42 Å². The number of carbonyl (C=O) groups excluding carboxylic acids is 1. The van der Waals surface area contributed by atoms with Crippen LogP contribution in [0.3, 0.4) is 0 Å². The van der Waals surface area contributed by atoms with Crippen molar-refractivity contribution in [1.29, 1.82) is 0 Å². The molecule has 478 valence electrons. The van der Waals surface area contributed by atoms with E-state index < -0.39 is 49.5 Å². The van der Waals surface area contributed by atoms with E-state index in [2.05, 4.69) is 79.9 Å². The third-order valence-electron chi connectivity index (χ3n) is 16.5. The van der Waals surface area contributed by atoms with E-state index in [1.165, 1.54) is 250 Å². The molecule has 0 aromatic heterocycles. The van der Waals surface area contributed by atoms with Gasteiger partial charge < -0.3 is 40.3 Å². The van der Waals surface area contributed by atoms with Crippen molar-refractivity contribution in [3.05, 3.63) is 72.9 Å². The first-order valence-electron chi connectivity index (χ1n) is 35.2. The van der Waals surface area contributed by atoms with E-state index in [4.69, 9.17) is 9.47 Å². The van der Waals surface area contributed by atoms with Crippen LogP contribution in [0, 0.1) is 0 Å². The lowest BCUT2D eigenvalue weighted by Gasteiger charge is -2.40. The number of carbonyl (C=O) groups is 1. The van der Waals surface area contributed by atoms with E-state index in [1.807, 2.05) is 6.08 Å². The highest BCUT2D eigenvalue weighted by Crippen LogP contribution is 2.23. The van der Waals surface area contributed by atoms with Gasteiger partial charge in [0.25, 0.3) is 0 Å². The minimum absolute atomic E-state index is 0.188. The minimum Gasteiger partial charge on any atom is -0.394 e. The van der Waals surface area contributed by atoms with Crippen LogP contribution in [0.2, 0.25) is 0 Å². The summed E-state index contributed by atoms with van der Waals surface area (Å²) in [6, 6.07) is -0.832. The van der Waals surface area contributed by atoms with Gasteiger partial charge in [0.2, 0.25) is 5.91 Å². The maximum Gasteiger partial charge on any atom is 0.220 e. The molecular formula is C73H133NO8. The lowest BCUT2D eigenvalue weighted by atomic mass is 9.99. The Hall–Kier alpha value is -2.37. The number of allylic oxidation sites excluding steroid dienone is 11. The van der Waals surface area contributed by atoms with E-state index >= 15 is 0 Å². The highest BCUT2D eigenvalue weighted by atomic mass is 16.7. The van der Waals surface area contributed by atoms with Gasteiger partial charge in [-0.05, 0) is 83.5 Å². The van der Waals surface area contributed by atoms with Crippen molar-refractivity contribution in [3.8, 4) is 0 Å². The van der Waals surface area contributed by atoms with Crippen molar-refractivity contribution in [2.75, 3.05) is 13.2 Å². The van der Waals surface area contributed by atoms with Crippen LogP contribution in [0.25, 0.3) is 0 Å². The standard InChI is InChI=1S/C73H133NO8/c1-3-5-7-9-11-13-15-17-19-21-23-25-27-29-31-32-33-34-35-36-37-39-41-43-45-47-49-51-53-55-57-59-61-63-69(77)74-66(65-81-73-72(80)71(79)70(78)68(64-75)82-73)67(76)62-60-58-56-54-52-50-48-46-44-42-40-38-30-28-26-24-22-20-18-16-14-12-10-8-6-4-2/h15,17,21,23,27,29,44,46,52,54,60,62,66-68,70-73,75-76,78-80H,3-14,16,18-20,22,24-26,28,30-43,45,47-51,53,55-59,61,63-65H2,1-2H3,(H,74,77)/b17-15-,23-21-,29-27-,46-44+,54-52+,62-60+. The zero-order valence-electron chi connectivity index (χ0n) is 53.5. The quantitative estimate of drug-likeness (QED) is 0.0261. The predicted molar refractivity (Wildman–Crippen MR) is 350 cm³/mol. The molecule has 1 aliphatic heterocycles. The van der Waals surface area contributed by atoms with Crippen molar-refractivity contribution >= 4 is 5.91 Å². The molecule has 7 atom stereocenters. The molecule has 0 bridgehead atoms. The van der Waals surface area contributed by atoms with Gasteiger partial charge in [0.15, 0.2) is 6.29 Å². The second kappa shape index (κ2) is 61.7. The van der Waals surface area contributed by atoms with Crippen LogP contribution >= 0.6 is 0 Å². The van der Waals surface area contributed by atoms with E-state index in [0.29, 0.717) is 6.42 Å². The van der Waals surface area contributed by atoms with Crippen molar-refractivity contribution < 1.29 is 39.8 Å². The van der Waals surface area contributed by atoms with Gasteiger partial charge in [-0.3, -0.25) is 4.79 Å². The highest BCUT2D eigenvalue weighted by Gasteiger charge is 2.44. The first kappa shape index (κ1) is 77.6. The predicted octanol–water partition coefficient (Wildman–Crippen LogP) is 19.1. The van der Waals surface area contributed by atoms with Crippen LogP contribution in [0.1, 0.15) is 328 Å². The molecule has 1 aliphatic rings. The summed E-state index contributed by atoms with van der Waals surface area (Å²) in [5.41, 5.74) is 0. The van der Waals surface area contributed by atoms with E-state index in [9.17, 15) is 30.3 Å². The summed E-state index contributed by atoms with van der Waals surface area (Å²) in [5, 5.41) is 54.7. The van der Waals surface area contributed by atoms with Crippen LogP contribution < -0.4 is 5.32 Å². The van der Waals surface area contributed by atoms with Crippen LogP contribution in [-0.2, 0) is 14.3 Å². The first-order valence-corrected chi connectivity index (χ1v) is 35.2. The molecule has 0 radical (unpaired) electrons. The summed E-state index contributed by atoms with van der Waals surface area (Å²) in [6.07, 6.45) is 80.1. The second-order valence-electron chi connectivity index (χ2n) is 24.3. The van der Waals surface area contributed by atoms with Gasteiger partial charge in [0.1, 0.15) is 24.4 Å². The Bertz CT molecular complexity index is 1520. The lowest BCUT2D eigenvalue weighted by Crippen LogP contribution is -2.60. The molecule has 1 saturated heterocycles. The molecule has 9 nitrogen and oxygen atoms in total. The van der Waals surface area contributed by atoms with Gasteiger partial charge in [-0.1, -0.05) is 311 Å². The normalized spacial score (nSPS) is 18.7. The number of unbranched alkanes of at least 4 members (excludes halogenated alkanes) is 41. The van der Waals surface area contributed by atoms with Gasteiger partial charge in [-0.2, -0.15) is 0 Å². The molecule has 1 fully saturated rings. The molecule has 0 aromatic carbocycles. The summed E-state index contributed by atoms with van der Waals surface area (Å²) >= 11 is 0. The fraction of sp³-hybridized carbons (Fsp3) is 0.822. The van der Waals surface area contributed by atoms with E-state index in [0.717, 1.165) is 57.8 Å². The minimum atomic E-state index is -1.58. The molecule has 1 heterocycles. The topological polar surface area (TPSA) is 149 Å². The van der Waals surface area contributed by atoms with Gasteiger partial charge in [-0.25, -0.2) is 0 Å². The van der Waals surface area contributed by atoms with Crippen LogP contribution in [-0.4, -0.2) is 87.5 Å². The van der Waals surface area contributed by atoms with Crippen LogP contribution in [0.4, 0.5) is 0 Å².